The summed E-state index contributed by atoms with van der Waals surface area (Å²) in [6.07, 6.45) is -0.307. The first-order chi connectivity index (χ1) is 9.52. The third-order valence-electron chi connectivity index (χ3n) is 3.06. The fraction of sp³-hybridized carbons (Fsp3) is 0.438. The molecule has 4 nitrogen and oxygen atoms in total. The molecule has 0 spiro atoms. The maximum absolute atomic E-state index is 11.0. The molecule has 1 aliphatic rings. The normalized spacial score (nSPS) is 24.5. The highest BCUT2D eigenvalue weighted by Gasteiger charge is 2.42. The van der Waals surface area contributed by atoms with E-state index < -0.39 is 18.0 Å². The van der Waals surface area contributed by atoms with Crippen molar-refractivity contribution < 1.29 is 19.0 Å². The van der Waals surface area contributed by atoms with Crippen LogP contribution in [0.25, 0.3) is 0 Å². The Bertz CT molecular complexity index is 467. The molecule has 0 saturated carbocycles. The largest absolute Gasteiger partial charge is 0.372 e. The van der Waals surface area contributed by atoms with Gasteiger partial charge in [0.1, 0.15) is 12.2 Å². The van der Waals surface area contributed by atoms with E-state index in [-0.39, 0.29) is 0 Å². The Morgan fingerprint density at radius 2 is 2.05 bits per heavy atom. The Labute approximate surface area is 119 Å². The van der Waals surface area contributed by atoms with Gasteiger partial charge in [0.25, 0.3) is 0 Å². The van der Waals surface area contributed by atoms with E-state index in [0.29, 0.717) is 18.8 Å². The van der Waals surface area contributed by atoms with Gasteiger partial charge in [-0.2, -0.15) is 0 Å². The standard InChI is InChI=1S/C16H20O4/c1-12(10-18-11-13-7-5-4-6-8-13)15-14(9-17)19-16(2,3)20-15/h4-9,14-15H,1,10-11H2,2-3H3/t14-,15+/m0/s1. The van der Waals surface area contributed by atoms with E-state index in [9.17, 15) is 4.79 Å². The molecule has 2 rings (SSSR count). The van der Waals surface area contributed by atoms with Gasteiger partial charge in [-0.1, -0.05) is 36.9 Å². The van der Waals surface area contributed by atoms with Crippen molar-refractivity contribution in [1.82, 2.24) is 0 Å². The van der Waals surface area contributed by atoms with Crippen LogP contribution in [0.5, 0.6) is 0 Å². The third-order valence-corrected chi connectivity index (χ3v) is 3.06. The van der Waals surface area contributed by atoms with Crippen molar-refractivity contribution in [3.05, 3.63) is 48.0 Å². The van der Waals surface area contributed by atoms with Gasteiger partial charge in [0.15, 0.2) is 12.1 Å². The summed E-state index contributed by atoms with van der Waals surface area (Å²) in [5.41, 5.74) is 1.81. The van der Waals surface area contributed by atoms with Crippen LogP contribution in [0.15, 0.2) is 42.5 Å². The van der Waals surface area contributed by atoms with Gasteiger partial charge in [-0.25, -0.2) is 0 Å². The highest BCUT2D eigenvalue weighted by Crippen LogP contribution is 2.30. The Morgan fingerprint density at radius 1 is 1.35 bits per heavy atom. The summed E-state index contributed by atoms with van der Waals surface area (Å²) in [6, 6.07) is 9.88. The van der Waals surface area contributed by atoms with E-state index in [1.165, 1.54) is 0 Å². The number of aldehydes is 1. The number of carbonyl (C=O) groups excluding carboxylic acids is 1. The molecule has 1 aromatic carbocycles. The lowest BCUT2D eigenvalue weighted by atomic mass is 10.1. The Kier molecular flexibility index (Phi) is 4.70. The van der Waals surface area contributed by atoms with E-state index >= 15 is 0 Å². The van der Waals surface area contributed by atoms with Crippen molar-refractivity contribution in [3.8, 4) is 0 Å². The summed E-state index contributed by atoms with van der Waals surface area (Å²) >= 11 is 0. The number of ether oxygens (including phenoxy) is 3. The zero-order valence-corrected chi connectivity index (χ0v) is 11.9. The van der Waals surface area contributed by atoms with Crippen molar-refractivity contribution in [2.24, 2.45) is 0 Å². The number of benzene rings is 1. The minimum absolute atomic E-state index is 0.337. The maximum Gasteiger partial charge on any atom is 0.164 e. The van der Waals surface area contributed by atoms with Crippen LogP contribution in [-0.2, 0) is 25.6 Å². The summed E-state index contributed by atoms with van der Waals surface area (Å²) in [4.78, 5) is 11.0. The van der Waals surface area contributed by atoms with Crippen LogP contribution >= 0.6 is 0 Å². The van der Waals surface area contributed by atoms with Gasteiger partial charge >= 0.3 is 0 Å². The van der Waals surface area contributed by atoms with Crippen LogP contribution in [-0.4, -0.2) is 30.9 Å². The molecule has 4 heteroatoms. The molecule has 0 unspecified atom stereocenters. The average Bonchev–Trinajstić information content (AvgIpc) is 2.75. The molecule has 1 aromatic rings. The average molecular weight is 276 g/mol. The van der Waals surface area contributed by atoms with Gasteiger partial charge in [-0.15, -0.1) is 0 Å². The summed E-state index contributed by atoms with van der Waals surface area (Å²) in [5, 5.41) is 0. The van der Waals surface area contributed by atoms with Crippen LogP contribution in [0.4, 0.5) is 0 Å². The lowest BCUT2D eigenvalue weighted by Gasteiger charge is -2.18. The molecule has 0 amide bonds. The lowest BCUT2D eigenvalue weighted by Crippen LogP contribution is -2.27. The molecule has 0 N–H and O–H groups in total. The summed E-state index contributed by atoms with van der Waals surface area (Å²) in [6.45, 7) is 8.34. The van der Waals surface area contributed by atoms with Gasteiger partial charge in [0.05, 0.1) is 13.2 Å². The molecule has 20 heavy (non-hydrogen) atoms. The van der Waals surface area contributed by atoms with Crippen molar-refractivity contribution in [1.29, 1.82) is 0 Å². The molecule has 1 saturated heterocycles. The molecule has 1 heterocycles. The molecule has 0 aliphatic carbocycles. The molecule has 0 bridgehead atoms. The lowest BCUT2D eigenvalue weighted by molar-refractivity contribution is -0.148. The summed E-state index contributed by atoms with van der Waals surface area (Å²) < 4.78 is 16.8. The number of rotatable bonds is 6. The van der Waals surface area contributed by atoms with Crippen molar-refractivity contribution in [3.63, 3.8) is 0 Å². The monoisotopic (exact) mass is 276 g/mol. The number of carbonyl (C=O) groups is 1. The zero-order valence-electron chi connectivity index (χ0n) is 11.9. The first-order valence-corrected chi connectivity index (χ1v) is 6.62. The fourth-order valence-electron chi connectivity index (χ4n) is 2.16. The van der Waals surface area contributed by atoms with E-state index in [0.717, 1.165) is 11.8 Å². The minimum Gasteiger partial charge on any atom is -0.372 e. The first kappa shape index (κ1) is 14.9. The van der Waals surface area contributed by atoms with Crippen molar-refractivity contribution >= 4 is 6.29 Å². The second-order valence-corrected chi connectivity index (χ2v) is 5.29. The van der Waals surface area contributed by atoms with Crippen LogP contribution in [0.1, 0.15) is 19.4 Å². The summed E-state index contributed by atoms with van der Waals surface area (Å²) in [5.74, 6) is -0.765. The highest BCUT2D eigenvalue weighted by atomic mass is 16.8. The van der Waals surface area contributed by atoms with Crippen LogP contribution < -0.4 is 0 Å². The maximum atomic E-state index is 11.0. The molecular weight excluding hydrogens is 256 g/mol. The smallest absolute Gasteiger partial charge is 0.164 e. The number of hydrogen-bond donors (Lipinski definition) is 0. The molecule has 1 fully saturated rings. The second-order valence-electron chi connectivity index (χ2n) is 5.29. The van der Waals surface area contributed by atoms with Crippen LogP contribution in [0, 0.1) is 0 Å². The van der Waals surface area contributed by atoms with E-state index in [2.05, 4.69) is 6.58 Å². The van der Waals surface area contributed by atoms with Crippen LogP contribution in [0.2, 0.25) is 0 Å². The van der Waals surface area contributed by atoms with Crippen molar-refractivity contribution in [2.75, 3.05) is 6.61 Å². The van der Waals surface area contributed by atoms with Crippen molar-refractivity contribution in [2.45, 2.75) is 38.4 Å². The fourth-order valence-corrected chi connectivity index (χ4v) is 2.16. The molecule has 108 valence electrons. The summed E-state index contributed by atoms with van der Waals surface area (Å²) in [7, 11) is 0. The molecule has 0 aromatic heterocycles. The SMILES string of the molecule is C=C(COCc1ccccc1)[C@H]1OC(C)(C)O[C@H]1C=O. The predicted octanol–water partition coefficient (Wildman–Crippen LogP) is 2.48. The molecule has 0 radical (unpaired) electrons. The Hall–Kier alpha value is -1.49. The predicted molar refractivity (Wildman–Crippen MR) is 75.1 cm³/mol. The van der Waals surface area contributed by atoms with E-state index in [4.69, 9.17) is 14.2 Å². The quantitative estimate of drug-likeness (QED) is 0.591. The van der Waals surface area contributed by atoms with Gasteiger partial charge in [-0.3, -0.25) is 0 Å². The number of hydrogen-bond acceptors (Lipinski definition) is 4. The van der Waals surface area contributed by atoms with Gasteiger partial charge in [0, 0.05) is 0 Å². The van der Waals surface area contributed by atoms with E-state index in [1.54, 1.807) is 13.8 Å². The Morgan fingerprint density at radius 3 is 2.70 bits per heavy atom. The highest BCUT2D eigenvalue weighted by molar-refractivity contribution is 5.59. The molecular formula is C16H20O4. The third kappa shape index (κ3) is 3.76. The Balaban J connectivity index is 1.84. The van der Waals surface area contributed by atoms with Crippen LogP contribution in [0.3, 0.4) is 0 Å². The second kappa shape index (κ2) is 6.31. The van der Waals surface area contributed by atoms with Gasteiger partial charge in [0.2, 0.25) is 0 Å². The molecule has 1 aliphatic heterocycles. The van der Waals surface area contributed by atoms with Gasteiger partial charge < -0.3 is 19.0 Å². The van der Waals surface area contributed by atoms with Gasteiger partial charge in [-0.05, 0) is 25.0 Å². The minimum atomic E-state index is -0.765. The molecule has 2 atom stereocenters. The first-order valence-electron chi connectivity index (χ1n) is 6.62. The topological polar surface area (TPSA) is 44.8 Å². The van der Waals surface area contributed by atoms with E-state index in [1.807, 2.05) is 30.3 Å². The zero-order chi connectivity index (χ0) is 14.6.